The number of thiazole rings is 1. The van der Waals surface area contributed by atoms with Gasteiger partial charge in [0.25, 0.3) is 5.91 Å². The predicted octanol–water partition coefficient (Wildman–Crippen LogP) is 0.850. The Hall–Kier alpha value is -1.23. The van der Waals surface area contributed by atoms with Crippen molar-refractivity contribution in [2.45, 2.75) is 19.9 Å². The summed E-state index contributed by atoms with van der Waals surface area (Å²) in [5.74, 6) is -0.368. The van der Waals surface area contributed by atoms with Gasteiger partial charge in [-0.2, -0.15) is 0 Å². The molecule has 70 valence electrons. The zero-order valence-electron chi connectivity index (χ0n) is 7.40. The molecule has 0 saturated heterocycles. The zero-order valence-corrected chi connectivity index (χ0v) is 8.22. The fraction of sp³-hybridized carbons (Fsp3) is 0.375. The van der Waals surface area contributed by atoms with Gasteiger partial charge >= 0.3 is 0 Å². The summed E-state index contributed by atoms with van der Waals surface area (Å²) in [6.45, 7) is 3.08. The molecule has 0 aliphatic carbocycles. The van der Waals surface area contributed by atoms with Gasteiger partial charge in [-0.25, -0.2) is 4.98 Å². The van der Waals surface area contributed by atoms with E-state index in [1.165, 1.54) is 18.3 Å². The van der Waals surface area contributed by atoms with Crippen LogP contribution in [-0.2, 0) is 4.79 Å². The van der Waals surface area contributed by atoms with Crippen LogP contribution in [0.5, 0.6) is 0 Å². The third-order valence-corrected chi connectivity index (χ3v) is 2.21. The number of nitrogens with zero attached hydrogens (tertiary/aromatic N) is 1. The summed E-state index contributed by atoms with van der Waals surface area (Å²) < 4.78 is 0. The van der Waals surface area contributed by atoms with Crippen LogP contribution in [-0.4, -0.2) is 22.7 Å². The highest BCUT2D eigenvalue weighted by Crippen LogP contribution is 2.00. The maximum Gasteiger partial charge on any atom is 0.271 e. The topological polar surface area (TPSA) is 59.1 Å². The summed E-state index contributed by atoms with van der Waals surface area (Å²) in [6.07, 6.45) is 0. The van der Waals surface area contributed by atoms with E-state index in [9.17, 15) is 9.59 Å². The lowest BCUT2D eigenvalue weighted by atomic mass is 10.2. The average molecular weight is 198 g/mol. The van der Waals surface area contributed by atoms with Crippen molar-refractivity contribution in [1.29, 1.82) is 0 Å². The van der Waals surface area contributed by atoms with Gasteiger partial charge in [0.1, 0.15) is 5.69 Å². The lowest BCUT2D eigenvalue weighted by Crippen LogP contribution is -2.37. The number of amides is 1. The van der Waals surface area contributed by atoms with Crippen molar-refractivity contribution in [1.82, 2.24) is 10.3 Å². The second-order valence-corrected chi connectivity index (χ2v) is 3.40. The third-order valence-electron chi connectivity index (χ3n) is 1.62. The molecule has 4 nitrogen and oxygen atoms in total. The van der Waals surface area contributed by atoms with E-state index in [0.717, 1.165) is 0 Å². The quantitative estimate of drug-likeness (QED) is 0.783. The van der Waals surface area contributed by atoms with E-state index in [2.05, 4.69) is 10.3 Å². The largest absolute Gasteiger partial charge is 0.341 e. The van der Waals surface area contributed by atoms with Crippen molar-refractivity contribution >= 4 is 23.0 Å². The van der Waals surface area contributed by atoms with Gasteiger partial charge in [-0.3, -0.25) is 9.59 Å². The fourth-order valence-corrected chi connectivity index (χ4v) is 1.23. The monoisotopic (exact) mass is 198 g/mol. The Morgan fingerprint density at radius 1 is 1.62 bits per heavy atom. The number of nitrogens with one attached hydrogen (secondary N) is 1. The van der Waals surface area contributed by atoms with Gasteiger partial charge in [-0.05, 0) is 13.8 Å². The molecule has 0 bridgehead atoms. The third kappa shape index (κ3) is 2.62. The molecule has 1 atom stereocenters. The molecule has 0 radical (unpaired) electrons. The van der Waals surface area contributed by atoms with E-state index in [1.54, 1.807) is 17.8 Å². The molecule has 0 aromatic carbocycles. The Kier molecular flexibility index (Phi) is 3.13. The molecule has 1 amide bonds. The maximum atomic E-state index is 11.3. The number of rotatable bonds is 3. The summed E-state index contributed by atoms with van der Waals surface area (Å²) in [5, 5.41) is 4.18. The Morgan fingerprint density at radius 3 is 2.77 bits per heavy atom. The van der Waals surface area contributed by atoms with Crippen molar-refractivity contribution < 1.29 is 9.59 Å². The number of hydrogen-bond acceptors (Lipinski definition) is 4. The normalized spacial score (nSPS) is 12.2. The van der Waals surface area contributed by atoms with E-state index < -0.39 is 6.04 Å². The molecule has 1 heterocycles. The molecule has 0 fully saturated rings. The second-order valence-electron chi connectivity index (χ2n) is 2.68. The highest BCUT2D eigenvalue weighted by Gasteiger charge is 2.13. The van der Waals surface area contributed by atoms with Gasteiger partial charge < -0.3 is 5.32 Å². The van der Waals surface area contributed by atoms with Crippen LogP contribution >= 0.6 is 11.3 Å². The molecule has 1 N–H and O–H groups in total. The average Bonchev–Trinajstić information content (AvgIpc) is 2.55. The van der Waals surface area contributed by atoms with Gasteiger partial charge in [0, 0.05) is 5.38 Å². The van der Waals surface area contributed by atoms with E-state index >= 15 is 0 Å². The molecule has 1 aromatic heterocycles. The molecule has 1 aromatic rings. The molecule has 13 heavy (non-hydrogen) atoms. The summed E-state index contributed by atoms with van der Waals surface area (Å²) in [6, 6.07) is -0.450. The first-order valence-corrected chi connectivity index (χ1v) is 4.75. The van der Waals surface area contributed by atoms with Crippen molar-refractivity contribution in [2.75, 3.05) is 0 Å². The first kappa shape index (κ1) is 9.85. The van der Waals surface area contributed by atoms with Crippen molar-refractivity contribution in [3.8, 4) is 0 Å². The standard InChI is InChI=1S/C8H10N2O2S/c1-5(6(2)11)10-8(12)7-3-13-4-9-7/h3-5H,1-2H3,(H,10,12). The summed E-state index contributed by atoms with van der Waals surface area (Å²) in [4.78, 5) is 25.9. The van der Waals surface area contributed by atoms with Crippen LogP contribution in [0.1, 0.15) is 24.3 Å². The molecule has 5 heteroatoms. The van der Waals surface area contributed by atoms with Crippen LogP contribution in [0.25, 0.3) is 0 Å². The molecular weight excluding hydrogens is 188 g/mol. The van der Waals surface area contributed by atoms with Crippen LogP contribution in [0.4, 0.5) is 0 Å². The maximum absolute atomic E-state index is 11.3. The van der Waals surface area contributed by atoms with E-state index in [4.69, 9.17) is 0 Å². The van der Waals surface area contributed by atoms with Gasteiger partial charge in [-0.1, -0.05) is 0 Å². The summed E-state index contributed by atoms with van der Waals surface area (Å²) in [5.41, 5.74) is 1.94. The number of ketones is 1. The van der Waals surface area contributed by atoms with Crippen LogP contribution in [0.2, 0.25) is 0 Å². The Labute approximate surface area is 80.0 Å². The molecule has 1 rings (SSSR count). The van der Waals surface area contributed by atoms with E-state index in [1.807, 2.05) is 0 Å². The number of Topliss-reactive ketones (excluding diaryl/α,β-unsaturated/α-hetero) is 1. The van der Waals surface area contributed by atoms with Crippen LogP contribution < -0.4 is 5.32 Å². The molecule has 0 saturated carbocycles. The Bertz CT molecular complexity index is 308. The number of aromatic nitrogens is 1. The number of carbonyl (C=O) groups excluding carboxylic acids is 2. The minimum atomic E-state index is -0.450. The Morgan fingerprint density at radius 2 is 2.31 bits per heavy atom. The number of hydrogen-bond donors (Lipinski definition) is 1. The first-order chi connectivity index (χ1) is 6.11. The summed E-state index contributed by atoms with van der Waals surface area (Å²) in [7, 11) is 0. The lowest BCUT2D eigenvalue weighted by molar-refractivity contribution is -0.118. The van der Waals surface area contributed by atoms with Crippen LogP contribution in [0, 0.1) is 0 Å². The van der Waals surface area contributed by atoms with Crippen molar-refractivity contribution in [3.05, 3.63) is 16.6 Å². The summed E-state index contributed by atoms with van der Waals surface area (Å²) >= 11 is 1.35. The van der Waals surface area contributed by atoms with E-state index in [-0.39, 0.29) is 11.7 Å². The molecule has 0 aliphatic rings. The van der Waals surface area contributed by atoms with Gasteiger partial charge in [0.05, 0.1) is 11.6 Å². The van der Waals surface area contributed by atoms with Crippen LogP contribution in [0.3, 0.4) is 0 Å². The smallest absolute Gasteiger partial charge is 0.271 e. The minimum absolute atomic E-state index is 0.0661. The molecule has 0 spiro atoms. The number of carbonyl (C=O) groups is 2. The van der Waals surface area contributed by atoms with Gasteiger partial charge in [0.2, 0.25) is 0 Å². The molecule has 0 aliphatic heterocycles. The lowest BCUT2D eigenvalue weighted by Gasteiger charge is -2.08. The van der Waals surface area contributed by atoms with Crippen LogP contribution in [0.15, 0.2) is 10.9 Å². The second kappa shape index (κ2) is 4.13. The zero-order chi connectivity index (χ0) is 9.84. The van der Waals surface area contributed by atoms with Crippen molar-refractivity contribution in [2.24, 2.45) is 0 Å². The first-order valence-electron chi connectivity index (χ1n) is 3.80. The highest BCUT2D eigenvalue weighted by molar-refractivity contribution is 7.07. The van der Waals surface area contributed by atoms with Gasteiger partial charge in [0.15, 0.2) is 5.78 Å². The highest BCUT2D eigenvalue weighted by atomic mass is 32.1. The Balaban J connectivity index is 2.56. The fourth-order valence-electron chi connectivity index (χ4n) is 0.697. The predicted molar refractivity (Wildman–Crippen MR) is 49.7 cm³/mol. The minimum Gasteiger partial charge on any atom is -0.341 e. The molecular formula is C8H10N2O2S. The SMILES string of the molecule is CC(=O)C(C)NC(=O)c1cscn1. The van der Waals surface area contributed by atoms with E-state index in [0.29, 0.717) is 5.69 Å². The van der Waals surface area contributed by atoms with Gasteiger partial charge in [-0.15, -0.1) is 11.3 Å². The van der Waals surface area contributed by atoms with Crippen molar-refractivity contribution in [3.63, 3.8) is 0 Å². The molecule has 1 unspecified atom stereocenters.